The fourth-order valence-corrected chi connectivity index (χ4v) is 1.71. The van der Waals surface area contributed by atoms with Crippen molar-refractivity contribution in [2.75, 3.05) is 24.6 Å². The number of nitrogens with zero attached hydrogens (tertiary/aromatic N) is 3. The Morgan fingerprint density at radius 3 is 3.00 bits per heavy atom. The van der Waals surface area contributed by atoms with Gasteiger partial charge in [0.2, 0.25) is 0 Å². The third-order valence-corrected chi connectivity index (χ3v) is 2.65. The lowest BCUT2D eigenvalue weighted by molar-refractivity contribution is -0.148. The molecular weight excluding hydrogens is 230 g/mol. The van der Waals surface area contributed by atoms with Gasteiger partial charge in [0.05, 0.1) is 12.5 Å². The average molecular weight is 242 g/mol. The molecule has 0 bridgehead atoms. The van der Waals surface area contributed by atoms with Crippen LogP contribution in [-0.4, -0.2) is 35.6 Å². The third-order valence-electron chi connectivity index (χ3n) is 2.44. The van der Waals surface area contributed by atoms with Gasteiger partial charge in [-0.25, -0.2) is 9.97 Å². The van der Waals surface area contributed by atoms with Crippen LogP contribution in [0.15, 0.2) is 12.4 Å². The highest BCUT2D eigenvalue weighted by Gasteiger charge is 2.34. The van der Waals surface area contributed by atoms with Gasteiger partial charge in [0, 0.05) is 19.2 Å². The van der Waals surface area contributed by atoms with Gasteiger partial charge in [0.1, 0.15) is 17.3 Å². The van der Waals surface area contributed by atoms with Crippen LogP contribution >= 0.6 is 11.6 Å². The zero-order valence-electron chi connectivity index (χ0n) is 8.89. The molecule has 1 fully saturated rings. The molecule has 2 rings (SSSR count). The molecule has 0 saturated carbocycles. The van der Waals surface area contributed by atoms with Crippen molar-refractivity contribution in [1.82, 2.24) is 9.97 Å². The van der Waals surface area contributed by atoms with Crippen LogP contribution < -0.4 is 4.90 Å². The monoisotopic (exact) mass is 241 g/mol. The molecule has 1 aliphatic heterocycles. The molecule has 1 aromatic rings. The molecule has 1 aliphatic rings. The molecule has 86 valence electrons. The van der Waals surface area contributed by atoms with Crippen molar-refractivity contribution < 1.29 is 9.53 Å². The first-order valence-corrected chi connectivity index (χ1v) is 5.47. The molecule has 5 nitrogen and oxygen atoms in total. The summed E-state index contributed by atoms with van der Waals surface area (Å²) < 4.78 is 4.93. The molecule has 0 aliphatic carbocycles. The number of halogens is 1. The first-order valence-electron chi connectivity index (χ1n) is 5.10. The van der Waals surface area contributed by atoms with Gasteiger partial charge in [-0.15, -0.1) is 0 Å². The summed E-state index contributed by atoms with van der Waals surface area (Å²) in [4.78, 5) is 21.2. The second kappa shape index (κ2) is 4.65. The van der Waals surface area contributed by atoms with Crippen LogP contribution in [0.25, 0.3) is 0 Å². The minimum Gasteiger partial charge on any atom is -0.466 e. The average Bonchev–Trinajstić information content (AvgIpc) is 2.15. The van der Waals surface area contributed by atoms with Gasteiger partial charge < -0.3 is 9.64 Å². The number of anilines is 1. The molecule has 2 heterocycles. The molecule has 0 atom stereocenters. The number of hydrogen-bond donors (Lipinski definition) is 0. The van der Waals surface area contributed by atoms with Crippen molar-refractivity contribution in [3.8, 4) is 0 Å². The Labute approximate surface area is 98.4 Å². The van der Waals surface area contributed by atoms with E-state index < -0.39 is 0 Å². The number of aromatic nitrogens is 2. The fraction of sp³-hybridized carbons (Fsp3) is 0.500. The van der Waals surface area contributed by atoms with E-state index in [9.17, 15) is 4.79 Å². The molecule has 0 radical (unpaired) electrons. The lowest BCUT2D eigenvalue weighted by Gasteiger charge is -2.38. The zero-order chi connectivity index (χ0) is 11.5. The smallest absolute Gasteiger partial charge is 0.312 e. The van der Waals surface area contributed by atoms with E-state index in [0.717, 1.165) is 5.82 Å². The molecule has 6 heteroatoms. The predicted molar refractivity (Wildman–Crippen MR) is 59.4 cm³/mol. The lowest BCUT2D eigenvalue weighted by atomic mass is 10.0. The maximum atomic E-state index is 11.4. The minimum atomic E-state index is -0.140. The highest BCUT2D eigenvalue weighted by molar-refractivity contribution is 6.29. The molecule has 1 aromatic heterocycles. The van der Waals surface area contributed by atoms with E-state index in [1.807, 2.05) is 4.90 Å². The SMILES string of the molecule is CCOC(=O)C1CN(c2cc(Cl)ncn2)C1. The van der Waals surface area contributed by atoms with Crippen LogP contribution in [0, 0.1) is 5.92 Å². The van der Waals surface area contributed by atoms with Crippen molar-refractivity contribution in [2.24, 2.45) is 5.92 Å². The van der Waals surface area contributed by atoms with Gasteiger partial charge in [0.15, 0.2) is 0 Å². The van der Waals surface area contributed by atoms with Crippen molar-refractivity contribution in [3.05, 3.63) is 17.5 Å². The Bertz CT molecular complexity index is 393. The standard InChI is InChI=1S/C10H12ClN3O2/c1-2-16-10(15)7-4-14(5-7)9-3-8(11)12-6-13-9/h3,6-7H,2,4-5H2,1H3. The maximum absolute atomic E-state index is 11.4. The van der Waals surface area contributed by atoms with Gasteiger partial charge in [-0.05, 0) is 6.92 Å². The summed E-state index contributed by atoms with van der Waals surface area (Å²) in [5.74, 6) is 0.563. The zero-order valence-corrected chi connectivity index (χ0v) is 9.65. The quantitative estimate of drug-likeness (QED) is 0.587. The van der Waals surface area contributed by atoms with Crippen molar-refractivity contribution in [2.45, 2.75) is 6.92 Å². The molecule has 0 N–H and O–H groups in total. The van der Waals surface area contributed by atoms with E-state index in [1.54, 1.807) is 13.0 Å². The number of carbonyl (C=O) groups excluding carboxylic acids is 1. The van der Waals surface area contributed by atoms with Crippen LogP contribution in [0.1, 0.15) is 6.92 Å². The largest absolute Gasteiger partial charge is 0.466 e. The minimum absolute atomic E-state index is 0.0475. The van der Waals surface area contributed by atoms with Crippen molar-refractivity contribution in [1.29, 1.82) is 0 Å². The van der Waals surface area contributed by atoms with Gasteiger partial charge in [-0.2, -0.15) is 0 Å². The van der Waals surface area contributed by atoms with Gasteiger partial charge >= 0.3 is 5.97 Å². The summed E-state index contributed by atoms with van der Waals surface area (Å²) in [6.07, 6.45) is 1.41. The third kappa shape index (κ3) is 2.24. The number of hydrogen-bond acceptors (Lipinski definition) is 5. The molecule has 0 spiro atoms. The Hall–Kier alpha value is -1.36. The first kappa shape index (κ1) is 11.1. The molecular formula is C10H12ClN3O2. The fourth-order valence-electron chi connectivity index (χ4n) is 1.57. The topological polar surface area (TPSA) is 55.3 Å². The van der Waals surface area contributed by atoms with Crippen LogP contribution in [0.5, 0.6) is 0 Å². The van der Waals surface area contributed by atoms with Crippen molar-refractivity contribution >= 4 is 23.4 Å². The number of esters is 1. The molecule has 0 amide bonds. The molecule has 0 unspecified atom stereocenters. The molecule has 16 heavy (non-hydrogen) atoms. The van der Waals surface area contributed by atoms with Crippen LogP contribution in [0.2, 0.25) is 5.15 Å². The normalized spacial score (nSPS) is 15.8. The van der Waals surface area contributed by atoms with E-state index in [0.29, 0.717) is 24.8 Å². The van der Waals surface area contributed by atoms with E-state index in [4.69, 9.17) is 16.3 Å². The van der Waals surface area contributed by atoms with Gasteiger partial charge in [-0.3, -0.25) is 4.79 Å². The number of carbonyl (C=O) groups is 1. The summed E-state index contributed by atoms with van der Waals surface area (Å²) in [7, 11) is 0. The van der Waals surface area contributed by atoms with Gasteiger partial charge in [-0.1, -0.05) is 11.6 Å². The highest BCUT2D eigenvalue weighted by Crippen LogP contribution is 2.24. The lowest BCUT2D eigenvalue weighted by Crippen LogP contribution is -2.51. The highest BCUT2D eigenvalue weighted by atomic mass is 35.5. The molecule has 0 aromatic carbocycles. The second-order valence-electron chi connectivity index (χ2n) is 3.55. The van der Waals surface area contributed by atoms with Gasteiger partial charge in [0.25, 0.3) is 0 Å². The number of ether oxygens (including phenoxy) is 1. The summed E-state index contributed by atoms with van der Waals surface area (Å²) in [5, 5.41) is 0.407. The summed E-state index contributed by atoms with van der Waals surface area (Å²) >= 11 is 5.75. The Kier molecular flexibility index (Phi) is 3.24. The van der Waals surface area contributed by atoms with E-state index in [2.05, 4.69) is 9.97 Å². The van der Waals surface area contributed by atoms with Crippen LogP contribution in [0.3, 0.4) is 0 Å². The maximum Gasteiger partial charge on any atom is 0.312 e. The van der Waals surface area contributed by atoms with E-state index >= 15 is 0 Å². The van der Waals surface area contributed by atoms with Crippen LogP contribution in [0.4, 0.5) is 5.82 Å². The second-order valence-corrected chi connectivity index (χ2v) is 3.94. The van der Waals surface area contributed by atoms with Crippen LogP contribution in [-0.2, 0) is 9.53 Å². The molecule has 1 saturated heterocycles. The number of rotatable bonds is 3. The predicted octanol–water partition coefficient (Wildman–Crippen LogP) is 1.13. The Balaban J connectivity index is 1.91. The summed E-state index contributed by atoms with van der Waals surface area (Å²) in [5.41, 5.74) is 0. The van der Waals surface area contributed by atoms with E-state index in [1.165, 1.54) is 6.33 Å². The first-order chi connectivity index (χ1) is 7.70. The Morgan fingerprint density at radius 1 is 1.62 bits per heavy atom. The summed E-state index contributed by atoms with van der Waals surface area (Å²) in [6.45, 7) is 3.49. The van der Waals surface area contributed by atoms with E-state index in [-0.39, 0.29) is 11.9 Å². The Morgan fingerprint density at radius 2 is 2.38 bits per heavy atom. The van der Waals surface area contributed by atoms with Crippen molar-refractivity contribution in [3.63, 3.8) is 0 Å². The summed E-state index contributed by atoms with van der Waals surface area (Å²) in [6, 6.07) is 1.68.